The summed E-state index contributed by atoms with van der Waals surface area (Å²) >= 11 is 0. The van der Waals surface area contributed by atoms with Gasteiger partial charge in [-0.3, -0.25) is 0 Å². The molecule has 0 aliphatic carbocycles. The largest absolute Gasteiger partial charge is 0.454 e. The maximum absolute atomic E-state index is 6.16. The highest BCUT2D eigenvalue weighted by Gasteiger charge is 2.13. The molecule has 0 aliphatic heterocycles. The van der Waals surface area contributed by atoms with Crippen molar-refractivity contribution in [3.63, 3.8) is 0 Å². The van der Waals surface area contributed by atoms with Crippen LogP contribution in [0, 0.1) is 34.6 Å². The van der Waals surface area contributed by atoms with Crippen LogP contribution in [-0.4, -0.2) is 4.98 Å². The summed E-state index contributed by atoms with van der Waals surface area (Å²) < 4.78 is 6.16. The average molecular weight is 329 g/mol. The molecule has 0 unspecified atom stereocenters. The van der Waals surface area contributed by atoms with E-state index in [-0.39, 0.29) is 0 Å². The summed E-state index contributed by atoms with van der Waals surface area (Å²) in [6, 6.07) is 15.2. The number of aryl methyl sites for hydroxylation is 5. The number of hydrogen-bond acceptors (Lipinski definition) is 1. The SMILES string of the molecule is Cc1cc(C)c(-c2ccc(-c3cc4c(C)ccc(C)c4o3)[nH]2)cc1C. The van der Waals surface area contributed by atoms with Gasteiger partial charge in [0.2, 0.25) is 0 Å². The van der Waals surface area contributed by atoms with Crippen LogP contribution in [-0.2, 0) is 0 Å². The quantitative estimate of drug-likeness (QED) is 0.439. The van der Waals surface area contributed by atoms with Gasteiger partial charge in [-0.1, -0.05) is 18.2 Å². The lowest BCUT2D eigenvalue weighted by atomic mass is 9.99. The van der Waals surface area contributed by atoms with Crippen LogP contribution in [0.15, 0.2) is 46.9 Å². The summed E-state index contributed by atoms with van der Waals surface area (Å²) in [7, 11) is 0. The molecule has 2 aromatic heterocycles. The minimum atomic E-state index is 0.889. The Bertz CT molecular complexity index is 1060. The molecule has 0 saturated carbocycles. The van der Waals surface area contributed by atoms with E-state index in [2.05, 4.69) is 82.1 Å². The topological polar surface area (TPSA) is 28.9 Å². The van der Waals surface area contributed by atoms with Gasteiger partial charge in [0.25, 0.3) is 0 Å². The summed E-state index contributed by atoms with van der Waals surface area (Å²) in [6.45, 7) is 10.7. The normalized spacial score (nSPS) is 11.4. The molecule has 0 bridgehead atoms. The van der Waals surface area contributed by atoms with Crippen molar-refractivity contribution in [2.24, 2.45) is 0 Å². The van der Waals surface area contributed by atoms with Crippen molar-refractivity contribution in [2.75, 3.05) is 0 Å². The summed E-state index contributed by atoms with van der Waals surface area (Å²) in [6.07, 6.45) is 0. The Morgan fingerprint density at radius 1 is 0.640 bits per heavy atom. The maximum Gasteiger partial charge on any atom is 0.151 e. The highest BCUT2D eigenvalue weighted by atomic mass is 16.3. The Balaban J connectivity index is 1.81. The van der Waals surface area contributed by atoms with Crippen LogP contribution in [0.5, 0.6) is 0 Å². The van der Waals surface area contributed by atoms with Crippen LogP contribution in [0.25, 0.3) is 33.7 Å². The Labute approximate surface area is 148 Å². The second-order valence-electron chi connectivity index (χ2n) is 7.09. The van der Waals surface area contributed by atoms with Gasteiger partial charge in [0.05, 0.1) is 5.69 Å². The van der Waals surface area contributed by atoms with Crippen molar-refractivity contribution < 1.29 is 4.42 Å². The third-order valence-electron chi connectivity index (χ3n) is 5.18. The molecule has 0 amide bonds. The van der Waals surface area contributed by atoms with E-state index in [1.165, 1.54) is 38.8 Å². The number of nitrogens with one attached hydrogen (secondary N) is 1. The van der Waals surface area contributed by atoms with Crippen LogP contribution in [0.3, 0.4) is 0 Å². The van der Waals surface area contributed by atoms with E-state index in [1.54, 1.807) is 0 Å². The van der Waals surface area contributed by atoms with Crippen molar-refractivity contribution in [3.8, 4) is 22.7 Å². The first-order chi connectivity index (χ1) is 11.9. The zero-order valence-electron chi connectivity index (χ0n) is 15.4. The molecule has 0 fully saturated rings. The van der Waals surface area contributed by atoms with E-state index in [9.17, 15) is 0 Å². The Kier molecular flexibility index (Phi) is 3.57. The van der Waals surface area contributed by atoms with Gasteiger partial charge in [0, 0.05) is 16.6 Å². The van der Waals surface area contributed by atoms with Crippen molar-refractivity contribution in [3.05, 3.63) is 70.3 Å². The fourth-order valence-corrected chi connectivity index (χ4v) is 3.47. The standard InChI is InChI=1S/C23H23NO/c1-13-6-7-14(2)23-19(13)12-22(25-23)21-9-8-20(24-21)18-11-16(4)15(3)10-17(18)5/h6-12,24H,1-5H3. The van der Waals surface area contributed by atoms with Gasteiger partial charge in [-0.05, 0) is 86.7 Å². The molecule has 4 rings (SSSR count). The summed E-state index contributed by atoms with van der Waals surface area (Å²) in [4.78, 5) is 3.54. The van der Waals surface area contributed by atoms with E-state index < -0.39 is 0 Å². The fourth-order valence-electron chi connectivity index (χ4n) is 3.47. The molecular formula is C23H23NO. The number of aromatic nitrogens is 1. The number of benzene rings is 2. The van der Waals surface area contributed by atoms with Crippen molar-refractivity contribution in [1.29, 1.82) is 0 Å². The fraction of sp³-hybridized carbons (Fsp3) is 0.217. The zero-order chi connectivity index (χ0) is 17.7. The molecule has 0 radical (unpaired) electrons. The van der Waals surface area contributed by atoms with E-state index in [0.29, 0.717) is 0 Å². The molecule has 4 aromatic rings. The van der Waals surface area contributed by atoms with Crippen LogP contribution in [0.2, 0.25) is 0 Å². The van der Waals surface area contributed by atoms with E-state index in [4.69, 9.17) is 4.42 Å². The number of rotatable bonds is 2. The molecule has 0 atom stereocenters. The minimum Gasteiger partial charge on any atom is -0.454 e. The molecule has 2 aromatic carbocycles. The van der Waals surface area contributed by atoms with Crippen LogP contribution in [0.4, 0.5) is 0 Å². The van der Waals surface area contributed by atoms with Crippen molar-refractivity contribution >= 4 is 11.0 Å². The molecule has 126 valence electrons. The van der Waals surface area contributed by atoms with Gasteiger partial charge >= 0.3 is 0 Å². The molecule has 1 N–H and O–H groups in total. The Morgan fingerprint density at radius 3 is 2.08 bits per heavy atom. The first kappa shape index (κ1) is 15.8. The molecule has 2 nitrogen and oxygen atoms in total. The highest BCUT2D eigenvalue weighted by molar-refractivity contribution is 5.88. The maximum atomic E-state index is 6.16. The van der Waals surface area contributed by atoms with Crippen molar-refractivity contribution in [1.82, 2.24) is 4.98 Å². The third kappa shape index (κ3) is 2.58. The summed E-state index contributed by atoms with van der Waals surface area (Å²) in [5, 5.41) is 1.19. The van der Waals surface area contributed by atoms with Gasteiger partial charge in [-0.25, -0.2) is 0 Å². The smallest absolute Gasteiger partial charge is 0.151 e. The van der Waals surface area contributed by atoms with Crippen LogP contribution < -0.4 is 0 Å². The Hall–Kier alpha value is -2.74. The molecular weight excluding hydrogens is 306 g/mol. The zero-order valence-corrected chi connectivity index (χ0v) is 15.4. The molecule has 0 aliphatic rings. The van der Waals surface area contributed by atoms with Crippen molar-refractivity contribution in [2.45, 2.75) is 34.6 Å². The molecule has 2 heterocycles. The van der Waals surface area contributed by atoms with Gasteiger partial charge in [0.1, 0.15) is 5.58 Å². The van der Waals surface area contributed by atoms with Crippen LogP contribution in [0.1, 0.15) is 27.8 Å². The average Bonchev–Trinajstić information content (AvgIpc) is 3.21. The first-order valence-corrected chi connectivity index (χ1v) is 8.71. The van der Waals surface area contributed by atoms with Gasteiger partial charge in [-0.2, -0.15) is 0 Å². The number of hydrogen-bond donors (Lipinski definition) is 1. The number of furan rings is 1. The second-order valence-corrected chi connectivity index (χ2v) is 7.09. The lowest BCUT2D eigenvalue weighted by Crippen LogP contribution is -1.89. The minimum absolute atomic E-state index is 0.889. The molecule has 0 saturated heterocycles. The molecule has 2 heteroatoms. The first-order valence-electron chi connectivity index (χ1n) is 8.71. The third-order valence-corrected chi connectivity index (χ3v) is 5.18. The number of H-pyrrole nitrogens is 1. The van der Waals surface area contributed by atoms with Gasteiger partial charge in [-0.15, -0.1) is 0 Å². The lowest BCUT2D eigenvalue weighted by molar-refractivity contribution is 0.626. The van der Waals surface area contributed by atoms with Gasteiger partial charge < -0.3 is 9.40 Å². The predicted molar refractivity (Wildman–Crippen MR) is 105 cm³/mol. The molecule has 25 heavy (non-hydrogen) atoms. The van der Waals surface area contributed by atoms with E-state index in [0.717, 1.165) is 22.7 Å². The number of aromatic amines is 1. The van der Waals surface area contributed by atoms with Crippen LogP contribution >= 0.6 is 0 Å². The predicted octanol–water partition coefficient (Wildman–Crippen LogP) is 6.64. The Morgan fingerprint density at radius 2 is 1.32 bits per heavy atom. The number of fused-ring (bicyclic) bond motifs is 1. The summed E-state index contributed by atoms with van der Waals surface area (Å²) in [5.41, 5.74) is 10.7. The highest BCUT2D eigenvalue weighted by Crippen LogP contribution is 2.33. The van der Waals surface area contributed by atoms with Gasteiger partial charge in [0.15, 0.2) is 5.76 Å². The van der Waals surface area contributed by atoms with E-state index >= 15 is 0 Å². The molecule has 0 spiro atoms. The second kappa shape index (κ2) is 5.66. The van der Waals surface area contributed by atoms with E-state index in [1.807, 2.05) is 0 Å². The summed E-state index contributed by atoms with van der Waals surface area (Å²) in [5.74, 6) is 0.889. The monoisotopic (exact) mass is 329 g/mol. The lowest BCUT2D eigenvalue weighted by Gasteiger charge is -2.08.